The maximum Gasteiger partial charge on any atom is 0.263 e. The molecule has 28 heavy (non-hydrogen) atoms. The van der Waals surface area contributed by atoms with Gasteiger partial charge in [-0.2, -0.15) is 0 Å². The van der Waals surface area contributed by atoms with E-state index in [0.29, 0.717) is 11.4 Å². The minimum Gasteiger partial charge on any atom is -0.273 e. The third kappa shape index (κ3) is 2.44. The Morgan fingerprint density at radius 3 is 2.39 bits per heavy atom. The van der Waals surface area contributed by atoms with Crippen LogP contribution < -0.4 is 0 Å². The van der Waals surface area contributed by atoms with Gasteiger partial charge in [-0.25, -0.2) is 8.42 Å². The summed E-state index contributed by atoms with van der Waals surface area (Å²) in [5, 5.41) is 2.41. The highest BCUT2D eigenvalue weighted by atomic mass is 32.2. The lowest BCUT2D eigenvalue weighted by atomic mass is 9.84. The summed E-state index contributed by atoms with van der Waals surface area (Å²) < 4.78 is 28.0. The minimum absolute atomic E-state index is 0.00868. The van der Waals surface area contributed by atoms with Crippen LogP contribution in [0.5, 0.6) is 0 Å². The zero-order valence-corrected chi connectivity index (χ0v) is 16.9. The van der Waals surface area contributed by atoms with Crippen molar-refractivity contribution in [1.29, 1.82) is 0 Å². The van der Waals surface area contributed by atoms with E-state index < -0.39 is 10.0 Å². The summed E-state index contributed by atoms with van der Waals surface area (Å²) in [6, 6.07) is 22.0. The van der Waals surface area contributed by atoms with Crippen LogP contribution in [-0.2, 0) is 15.4 Å². The predicted octanol–water partition coefficient (Wildman–Crippen LogP) is 5.01. The number of nitrogens with zero attached hydrogens (tertiary/aromatic N) is 1. The summed E-state index contributed by atoms with van der Waals surface area (Å²) in [7, 11) is -3.55. The average molecular weight is 390 g/mol. The van der Waals surface area contributed by atoms with Gasteiger partial charge in [0.25, 0.3) is 10.0 Å². The summed E-state index contributed by atoms with van der Waals surface area (Å²) in [5.41, 5.74) is 2.12. The molecule has 0 bridgehead atoms. The molecule has 1 aliphatic heterocycles. The fourth-order valence-corrected chi connectivity index (χ4v) is 5.99. The lowest BCUT2D eigenvalue weighted by Gasteiger charge is -2.33. The molecule has 2 aliphatic rings. The molecular formula is C24H23NO2S. The van der Waals surface area contributed by atoms with Gasteiger partial charge in [0.05, 0.1) is 4.90 Å². The molecule has 0 amide bonds. The van der Waals surface area contributed by atoms with E-state index in [9.17, 15) is 8.42 Å². The van der Waals surface area contributed by atoms with Crippen molar-refractivity contribution >= 4 is 20.8 Å². The van der Waals surface area contributed by atoms with Crippen molar-refractivity contribution in [2.75, 3.05) is 6.54 Å². The van der Waals surface area contributed by atoms with E-state index in [0.717, 1.165) is 12.0 Å². The Morgan fingerprint density at radius 1 is 0.929 bits per heavy atom. The smallest absolute Gasteiger partial charge is 0.263 e. The lowest BCUT2D eigenvalue weighted by molar-refractivity contribution is 0.392. The molecule has 1 fully saturated rings. The zero-order chi connectivity index (χ0) is 19.6. The zero-order valence-electron chi connectivity index (χ0n) is 16.1. The Kier molecular flexibility index (Phi) is 3.57. The number of hydrogen-bond donors (Lipinski definition) is 0. The lowest BCUT2D eigenvalue weighted by Crippen LogP contribution is -2.38. The van der Waals surface area contributed by atoms with Crippen molar-refractivity contribution in [3.8, 4) is 0 Å². The molecule has 1 aliphatic carbocycles. The molecule has 0 radical (unpaired) electrons. The quantitative estimate of drug-likeness (QED) is 0.631. The molecule has 5 rings (SSSR count). The summed E-state index contributed by atoms with van der Waals surface area (Å²) >= 11 is 0. The maximum absolute atomic E-state index is 13.2. The molecule has 3 aromatic rings. The van der Waals surface area contributed by atoms with Crippen LogP contribution in [-0.4, -0.2) is 19.3 Å². The second-order valence-corrected chi connectivity index (χ2v) is 10.3. The summed E-state index contributed by atoms with van der Waals surface area (Å²) in [6.07, 6.45) is 4.81. The maximum atomic E-state index is 13.2. The van der Waals surface area contributed by atoms with Crippen molar-refractivity contribution in [3.05, 3.63) is 90.1 Å². The van der Waals surface area contributed by atoms with Crippen LogP contribution in [0.25, 0.3) is 10.8 Å². The third-order valence-electron chi connectivity index (χ3n) is 6.60. The Bertz CT molecular complexity index is 1210. The van der Waals surface area contributed by atoms with Crippen molar-refractivity contribution in [1.82, 2.24) is 4.31 Å². The SMILES string of the molecule is Cc1ccc(S(=O)(=O)N2C=CC3(C)CC3(c3ccc4ccccc4c3)C2)cc1. The van der Waals surface area contributed by atoms with Crippen molar-refractivity contribution in [2.45, 2.75) is 30.6 Å². The molecule has 142 valence electrons. The molecule has 1 heterocycles. The monoisotopic (exact) mass is 389 g/mol. The van der Waals surface area contributed by atoms with Crippen LogP contribution in [0.1, 0.15) is 24.5 Å². The van der Waals surface area contributed by atoms with Gasteiger partial charge in [0, 0.05) is 18.2 Å². The van der Waals surface area contributed by atoms with Crippen LogP contribution in [0.2, 0.25) is 0 Å². The molecule has 2 unspecified atom stereocenters. The van der Waals surface area contributed by atoms with E-state index in [1.54, 1.807) is 18.3 Å². The Hall–Kier alpha value is -2.59. The number of sulfonamides is 1. The average Bonchev–Trinajstić information content (AvgIpc) is 3.34. The number of hydrogen-bond acceptors (Lipinski definition) is 2. The van der Waals surface area contributed by atoms with Crippen LogP contribution in [0.4, 0.5) is 0 Å². The first kappa shape index (κ1) is 17.5. The van der Waals surface area contributed by atoms with E-state index in [1.165, 1.54) is 20.6 Å². The van der Waals surface area contributed by atoms with E-state index in [-0.39, 0.29) is 10.8 Å². The highest BCUT2D eigenvalue weighted by Gasteiger charge is 2.66. The van der Waals surface area contributed by atoms with E-state index >= 15 is 0 Å². The van der Waals surface area contributed by atoms with E-state index in [2.05, 4.69) is 43.3 Å². The Morgan fingerprint density at radius 2 is 1.64 bits per heavy atom. The molecule has 1 saturated carbocycles. The first-order valence-corrected chi connectivity index (χ1v) is 11.1. The highest BCUT2D eigenvalue weighted by Crippen LogP contribution is 2.67. The molecule has 3 aromatic carbocycles. The summed E-state index contributed by atoms with van der Waals surface area (Å²) in [4.78, 5) is 0.348. The highest BCUT2D eigenvalue weighted by molar-refractivity contribution is 7.89. The standard InChI is InChI=1S/C24H23NO2S/c1-18-7-11-22(12-8-18)28(26,27)25-14-13-23(2)16-24(23,17-25)21-10-9-19-5-3-4-6-20(19)15-21/h3-15H,16-17H2,1-2H3. The fourth-order valence-electron chi connectivity index (χ4n) is 4.62. The van der Waals surface area contributed by atoms with Gasteiger partial charge in [-0.3, -0.25) is 4.31 Å². The molecule has 2 atom stereocenters. The largest absolute Gasteiger partial charge is 0.273 e. The predicted molar refractivity (Wildman–Crippen MR) is 113 cm³/mol. The topological polar surface area (TPSA) is 37.4 Å². The molecule has 3 nitrogen and oxygen atoms in total. The van der Waals surface area contributed by atoms with Gasteiger partial charge in [-0.15, -0.1) is 0 Å². The fraction of sp³-hybridized carbons (Fsp3) is 0.250. The number of rotatable bonds is 3. The van der Waals surface area contributed by atoms with Crippen LogP contribution in [0.3, 0.4) is 0 Å². The van der Waals surface area contributed by atoms with E-state index in [4.69, 9.17) is 0 Å². The second-order valence-electron chi connectivity index (χ2n) is 8.42. The first-order valence-electron chi connectivity index (χ1n) is 9.61. The van der Waals surface area contributed by atoms with Gasteiger partial charge in [-0.1, -0.05) is 73.2 Å². The van der Waals surface area contributed by atoms with Gasteiger partial charge < -0.3 is 0 Å². The molecule has 0 spiro atoms. The molecule has 0 saturated heterocycles. The van der Waals surface area contributed by atoms with Crippen LogP contribution in [0, 0.1) is 12.3 Å². The van der Waals surface area contributed by atoms with Gasteiger partial charge in [0.2, 0.25) is 0 Å². The first-order chi connectivity index (χ1) is 13.3. The molecule has 0 aromatic heterocycles. The number of benzene rings is 3. The number of aryl methyl sites for hydroxylation is 1. The van der Waals surface area contributed by atoms with Gasteiger partial charge in [-0.05, 0) is 47.2 Å². The third-order valence-corrected chi connectivity index (χ3v) is 8.34. The second kappa shape index (κ2) is 5.71. The Labute approximate surface area is 166 Å². The molecule has 0 N–H and O–H groups in total. The van der Waals surface area contributed by atoms with E-state index in [1.807, 2.05) is 31.2 Å². The van der Waals surface area contributed by atoms with Crippen LogP contribution in [0.15, 0.2) is 83.9 Å². The Balaban J connectivity index is 1.55. The van der Waals surface area contributed by atoms with Crippen LogP contribution >= 0.6 is 0 Å². The minimum atomic E-state index is -3.55. The normalized spacial score (nSPS) is 26.3. The van der Waals surface area contributed by atoms with Crippen molar-refractivity contribution in [3.63, 3.8) is 0 Å². The van der Waals surface area contributed by atoms with Crippen molar-refractivity contribution in [2.24, 2.45) is 5.41 Å². The molecular weight excluding hydrogens is 366 g/mol. The number of fused-ring (bicyclic) bond motifs is 2. The van der Waals surface area contributed by atoms with Gasteiger partial charge >= 0.3 is 0 Å². The van der Waals surface area contributed by atoms with Gasteiger partial charge in [0.15, 0.2) is 0 Å². The summed E-state index contributed by atoms with van der Waals surface area (Å²) in [5.74, 6) is 0. The number of allylic oxidation sites excluding steroid dienone is 1. The van der Waals surface area contributed by atoms with Crippen molar-refractivity contribution < 1.29 is 8.42 Å². The molecule has 4 heteroatoms. The summed E-state index contributed by atoms with van der Waals surface area (Å²) in [6.45, 7) is 4.67. The van der Waals surface area contributed by atoms with Gasteiger partial charge in [0.1, 0.15) is 0 Å².